The maximum Gasteiger partial charge on any atom is 0.271 e. The summed E-state index contributed by atoms with van der Waals surface area (Å²) in [5.41, 5.74) is 2.63. The van der Waals surface area contributed by atoms with Crippen LogP contribution in [0, 0.1) is 5.82 Å². The van der Waals surface area contributed by atoms with E-state index < -0.39 is 6.10 Å². The van der Waals surface area contributed by atoms with Crippen LogP contribution in [0.5, 0.6) is 5.75 Å². The molecule has 0 spiro atoms. The van der Waals surface area contributed by atoms with E-state index in [0.29, 0.717) is 29.8 Å². The van der Waals surface area contributed by atoms with E-state index >= 15 is 0 Å². The fourth-order valence-electron chi connectivity index (χ4n) is 2.95. The van der Waals surface area contributed by atoms with Crippen molar-refractivity contribution in [3.05, 3.63) is 77.5 Å². The van der Waals surface area contributed by atoms with Crippen molar-refractivity contribution in [3.63, 3.8) is 0 Å². The molecular formula is C23H24FN3O3. The standard InChI is InChI=1S/C23H24FN3O3/c1-3-30-19-7-4-16(5-8-19)21-13-25-14-22(27-21)23(29)26-11-10-18-12-17(15(2)28)6-9-20(18)24/h4-9,12-15,28H,3,10-11H2,1-2H3,(H,26,29). The fraction of sp³-hybridized carbons (Fsp3) is 0.261. The lowest BCUT2D eigenvalue weighted by atomic mass is 10.0. The summed E-state index contributed by atoms with van der Waals surface area (Å²) in [5, 5.41) is 12.4. The van der Waals surface area contributed by atoms with E-state index in [-0.39, 0.29) is 24.0 Å². The Bertz CT molecular complexity index is 1010. The average Bonchev–Trinajstić information content (AvgIpc) is 2.75. The van der Waals surface area contributed by atoms with Crippen molar-refractivity contribution in [2.75, 3.05) is 13.2 Å². The van der Waals surface area contributed by atoms with E-state index in [0.717, 1.165) is 11.3 Å². The molecule has 156 valence electrons. The molecule has 0 aliphatic rings. The molecule has 0 aliphatic heterocycles. The Balaban J connectivity index is 1.64. The number of hydrogen-bond donors (Lipinski definition) is 2. The highest BCUT2D eigenvalue weighted by Crippen LogP contribution is 2.20. The number of aliphatic hydroxyl groups excluding tert-OH is 1. The van der Waals surface area contributed by atoms with E-state index in [1.54, 1.807) is 25.3 Å². The van der Waals surface area contributed by atoms with E-state index in [9.17, 15) is 14.3 Å². The van der Waals surface area contributed by atoms with Crippen molar-refractivity contribution in [1.82, 2.24) is 15.3 Å². The fourth-order valence-corrected chi connectivity index (χ4v) is 2.95. The van der Waals surface area contributed by atoms with E-state index in [4.69, 9.17) is 4.74 Å². The third kappa shape index (κ3) is 5.39. The van der Waals surface area contributed by atoms with Gasteiger partial charge in [-0.3, -0.25) is 9.78 Å². The van der Waals surface area contributed by atoms with Gasteiger partial charge in [0.1, 0.15) is 17.3 Å². The van der Waals surface area contributed by atoms with E-state index in [1.165, 1.54) is 12.3 Å². The summed E-state index contributed by atoms with van der Waals surface area (Å²) >= 11 is 0. The van der Waals surface area contributed by atoms with Gasteiger partial charge in [0.2, 0.25) is 0 Å². The van der Waals surface area contributed by atoms with Crippen LogP contribution in [0.1, 0.15) is 41.6 Å². The van der Waals surface area contributed by atoms with Gasteiger partial charge < -0.3 is 15.2 Å². The Morgan fingerprint density at radius 3 is 2.67 bits per heavy atom. The predicted molar refractivity (Wildman–Crippen MR) is 112 cm³/mol. The number of carbonyl (C=O) groups excluding carboxylic acids is 1. The topological polar surface area (TPSA) is 84.3 Å². The van der Waals surface area contributed by atoms with Gasteiger partial charge in [0, 0.05) is 12.1 Å². The molecule has 1 heterocycles. The van der Waals surface area contributed by atoms with Crippen molar-refractivity contribution < 1.29 is 19.0 Å². The number of ether oxygens (including phenoxy) is 1. The minimum Gasteiger partial charge on any atom is -0.494 e. The number of amides is 1. The molecule has 0 bridgehead atoms. The lowest BCUT2D eigenvalue weighted by molar-refractivity contribution is 0.0948. The van der Waals surface area contributed by atoms with Crippen molar-refractivity contribution in [2.24, 2.45) is 0 Å². The zero-order valence-corrected chi connectivity index (χ0v) is 16.9. The second-order valence-electron chi connectivity index (χ2n) is 6.78. The first-order valence-corrected chi connectivity index (χ1v) is 9.77. The van der Waals surface area contributed by atoms with Crippen LogP contribution in [0.3, 0.4) is 0 Å². The molecule has 3 aromatic rings. The Morgan fingerprint density at radius 1 is 1.20 bits per heavy atom. The molecule has 0 aliphatic carbocycles. The molecule has 1 amide bonds. The highest BCUT2D eigenvalue weighted by atomic mass is 19.1. The molecule has 0 radical (unpaired) electrons. The van der Waals surface area contributed by atoms with E-state index in [2.05, 4.69) is 15.3 Å². The van der Waals surface area contributed by atoms with Crippen LogP contribution in [-0.2, 0) is 6.42 Å². The van der Waals surface area contributed by atoms with Gasteiger partial charge in [-0.05, 0) is 61.7 Å². The number of halogens is 1. The van der Waals surface area contributed by atoms with Crippen molar-refractivity contribution in [1.29, 1.82) is 0 Å². The highest BCUT2D eigenvalue weighted by molar-refractivity contribution is 5.92. The van der Waals surface area contributed by atoms with Crippen LogP contribution in [0.2, 0.25) is 0 Å². The Morgan fingerprint density at radius 2 is 1.97 bits per heavy atom. The Labute approximate surface area is 174 Å². The quantitative estimate of drug-likeness (QED) is 0.593. The van der Waals surface area contributed by atoms with E-state index in [1.807, 2.05) is 31.2 Å². The number of nitrogens with zero attached hydrogens (tertiary/aromatic N) is 2. The Kier molecular flexibility index (Phi) is 7.08. The normalized spacial score (nSPS) is 11.7. The van der Waals surface area contributed by atoms with Crippen LogP contribution in [0.25, 0.3) is 11.3 Å². The molecule has 7 heteroatoms. The van der Waals surface area contributed by atoms with Crippen molar-refractivity contribution in [2.45, 2.75) is 26.4 Å². The zero-order chi connectivity index (χ0) is 21.5. The molecule has 0 saturated carbocycles. The van der Waals surface area contributed by atoms with Crippen LogP contribution in [-0.4, -0.2) is 34.1 Å². The zero-order valence-electron chi connectivity index (χ0n) is 16.9. The molecule has 0 saturated heterocycles. The van der Waals surface area contributed by atoms with Crippen molar-refractivity contribution in [3.8, 4) is 17.0 Å². The van der Waals surface area contributed by atoms with Crippen LogP contribution < -0.4 is 10.1 Å². The largest absolute Gasteiger partial charge is 0.494 e. The number of rotatable bonds is 8. The first kappa shape index (κ1) is 21.4. The third-order valence-corrected chi connectivity index (χ3v) is 4.56. The van der Waals surface area contributed by atoms with Gasteiger partial charge in [-0.2, -0.15) is 0 Å². The molecular weight excluding hydrogens is 385 g/mol. The number of carbonyl (C=O) groups is 1. The lowest BCUT2D eigenvalue weighted by Gasteiger charge is -2.10. The van der Waals surface area contributed by atoms with Crippen LogP contribution in [0.4, 0.5) is 4.39 Å². The van der Waals surface area contributed by atoms with Crippen LogP contribution in [0.15, 0.2) is 54.9 Å². The first-order chi connectivity index (χ1) is 14.5. The van der Waals surface area contributed by atoms with Gasteiger partial charge in [0.05, 0.1) is 30.8 Å². The van der Waals surface area contributed by atoms with Gasteiger partial charge >= 0.3 is 0 Å². The predicted octanol–water partition coefficient (Wildman–Crippen LogP) is 3.71. The summed E-state index contributed by atoms with van der Waals surface area (Å²) in [4.78, 5) is 20.9. The number of benzene rings is 2. The summed E-state index contributed by atoms with van der Waals surface area (Å²) in [6, 6.07) is 11.9. The van der Waals surface area contributed by atoms with Crippen molar-refractivity contribution >= 4 is 5.91 Å². The van der Waals surface area contributed by atoms with Gasteiger partial charge in [-0.25, -0.2) is 9.37 Å². The number of hydrogen-bond acceptors (Lipinski definition) is 5. The average molecular weight is 409 g/mol. The molecule has 1 atom stereocenters. The second-order valence-corrected chi connectivity index (χ2v) is 6.78. The summed E-state index contributed by atoms with van der Waals surface area (Å²) in [5.74, 6) is 0.00307. The summed E-state index contributed by atoms with van der Waals surface area (Å²) in [7, 11) is 0. The van der Waals surface area contributed by atoms with Gasteiger partial charge in [-0.1, -0.05) is 12.1 Å². The molecule has 2 N–H and O–H groups in total. The summed E-state index contributed by atoms with van der Waals surface area (Å²) in [6.45, 7) is 4.35. The highest BCUT2D eigenvalue weighted by Gasteiger charge is 2.11. The van der Waals surface area contributed by atoms with Gasteiger partial charge in [0.15, 0.2) is 0 Å². The number of aromatic nitrogens is 2. The SMILES string of the molecule is CCOc1ccc(-c2cncc(C(=O)NCCc3cc(C(C)O)ccc3F)n2)cc1. The lowest BCUT2D eigenvalue weighted by Crippen LogP contribution is -2.27. The minimum atomic E-state index is -0.681. The maximum atomic E-state index is 14.0. The molecule has 6 nitrogen and oxygen atoms in total. The molecule has 0 fully saturated rings. The monoisotopic (exact) mass is 409 g/mol. The molecule has 2 aromatic carbocycles. The minimum absolute atomic E-state index is 0.180. The third-order valence-electron chi connectivity index (χ3n) is 4.56. The van der Waals surface area contributed by atoms with Gasteiger partial charge in [0.25, 0.3) is 5.91 Å². The maximum absolute atomic E-state index is 14.0. The molecule has 30 heavy (non-hydrogen) atoms. The first-order valence-electron chi connectivity index (χ1n) is 9.77. The number of aliphatic hydroxyl groups is 1. The smallest absolute Gasteiger partial charge is 0.271 e. The summed E-state index contributed by atoms with van der Waals surface area (Å²) < 4.78 is 19.4. The second kappa shape index (κ2) is 9.93. The molecule has 1 aromatic heterocycles. The number of nitrogens with one attached hydrogen (secondary N) is 1. The summed E-state index contributed by atoms with van der Waals surface area (Å²) in [6.07, 6.45) is 2.59. The van der Waals surface area contributed by atoms with Gasteiger partial charge in [-0.15, -0.1) is 0 Å². The molecule has 1 unspecified atom stereocenters. The molecule has 3 rings (SSSR count). The van der Waals surface area contributed by atoms with Crippen LogP contribution >= 0.6 is 0 Å². The Hall–Kier alpha value is -3.32.